The molecule has 0 bridgehead atoms. The van der Waals surface area contributed by atoms with E-state index in [-0.39, 0.29) is 0 Å². The van der Waals surface area contributed by atoms with E-state index < -0.39 is 6.10 Å². The largest absolute Gasteiger partial charge is 0.387 e. The summed E-state index contributed by atoms with van der Waals surface area (Å²) in [5.74, 6) is 0. The number of aliphatic hydroxyl groups is 1. The zero-order valence-corrected chi connectivity index (χ0v) is 13.7. The average Bonchev–Trinajstić information content (AvgIpc) is 2.50. The number of unbranched alkanes of at least 4 members (excludes halogenated alkanes) is 2. The van der Waals surface area contributed by atoms with Gasteiger partial charge in [0.25, 0.3) is 0 Å². The molecule has 0 spiro atoms. The van der Waals surface area contributed by atoms with Gasteiger partial charge in [0.15, 0.2) is 0 Å². The van der Waals surface area contributed by atoms with E-state index in [4.69, 9.17) is 11.6 Å². The average molecular weight is 311 g/mol. The molecule has 0 aliphatic carbocycles. The first-order chi connectivity index (χ1) is 10.2. The molecule has 1 aromatic rings. The van der Waals surface area contributed by atoms with Crippen LogP contribution in [0.15, 0.2) is 24.3 Å². The number of halogens is 1. The molecule has 0 amide bonds. The maximum atomic E-state index is 10.3. The summed E-state index contributed by atoms with van der Waals surface area (Å²) in [6.45, 7) is 8.53. The van der Waals surface area contributed by atoms with Gasteiger partial charge in [-0.1, -0.05) is 43.5 Å². The summed E-state index contributed by atoms with van der Waals surface area (Å²) in [6.07, 6.45) is 3.50. The molecule has 1 aliphatic heterocycles. The number of piperazine rings is 1. The fraction of sp³-hybridized carbons (Fsp3) is 0.647. The summed E-state index contributed by atoms with van der Waals surface area (Å²) in [4.78, 5) is 4.90. The Morgan fingerprint density at radius 1 is 1.05 bits per heavy atom. The second kappa shape index (κ2) is 8.74. The zero-order valence-electron chi connectivity index (χ0n) is 13.0. The Labute approximate surface area is 133 Å². The topological polar surface area (TPSA) is 26.7 Å². The van der Waals surface area contributed by atoms with Crippen molar-refractivity contribution in [1.29, 1.82) is 0 Å². The molecule has 1 aromatic carbocycles. The quantitative estimate of drug-likeness (QED) is 0.784. The summed E-state index contributed by atoms with van der Waals surface area (Å²) < 4.78 is 0. The van der Waals surface area contributed by atoms with Gasteiger partial charge in [-0.05, 0) is 30.7 Å². The Bertz CT molecular complexity index is 402. The van der Waals surface area contributed by atoms with Crippen LogP contribution >= 0.6 is 11.6 Å². The van der Waals surface area contributed by atoms with Crippen LogP contribution in [-0.4, -0.2) is 54.2 Å². The SMILES string of the molecule is CCCCCN1CCN(CC(O)c2ccc(Cl)cc2)CC1. The molecular weight excluding hydrogens is 284 g/mol. The lowest BCUT2D eigenvalue weighted by Crippen LogP contribution is -2.47. The Morgan fingerprint density at radius 3 is 2.29 bits per heavy atom. The molecule has 118 valence electrons. The lowest BCUT2D eigenvalue weighted by atomic mass is 10.1. The van der Waals surface area contributed by atoms with Gasteiger partial charge in [-0.15, -0.1) is 0 Å². The first-order valence-electron chi connectivity index (χ1n) is 8.07. The summed E-state index contributed by atoms with van der Waals surface area (Å²) in [6, 6.07) is 7.50. The third-order valence-corrected chi connectivity index (χ3v) is 4.48. The van der Waals surface area contributed by atoms with E-state index in [0.717, 1.165) is 31.7 Å². The number of β-amino-alcohol motifs (C(OH)–C–C–N with tert-alkyl or cyclic N) is 1. The molecule has 1 N–H and O–H groups in total. The molecule has 1 unspecified atom stereocenters. The monoisotopic (exact) mass is 310 g/mol. The fourth-order valence-electron chi connectivity index (χ4n) is 2.82. The predicted octanol–water partition coefficient (Wildman–Crippen LogP) is 3.18. The minimum atomic E-state index is -0.422. The highest BCUT2D eigenvalue weighted by molar-refractivity contribution is 6.30. The molecule has 21 heavy (non-hydrogen) atoms. The van der Waals surface area contributed by atoms with E-state index >= 15 is 0 Å². The third kappa shape index (κ3) is 5.59. The fourth-order valence-corrected chi connectivity index (χ4v) is 2.94. The summed E-state index contributed by atoms with van der Waals surface area (Å²) in [5, 5.41) is 11.0. The molecule has 4 heteroatoms. The first-order valence-corrected chi connectivity index (χ1v) is 8.45. The third-order valence-electron chi connectivity index (χ3n) is 4.23. The van der Waals surface area contributed by atoms with E-state index in [1.807, 2.05) is 24.3 Å². The Balaban J connectivity index is 1.71. The molecule has 1 atom stereocenters. The maximum Gasteiger partial charge on any atom is 0.0916 e. The molecule has 1 aliphatic rings. The lowest BCUT2D eigenvalue weighted by Gasteiger charge is -2.35. The highest BCUT2D eigenvalue weighted by Crippen LogP contribution is 2.18. The van der Waals surface area contributed by atoms with Crippen LogP contribution in [0.2, 0.25) is 5.02 Å². The number of hydrogen-bond acceptors (Lipinski definition) is 3. The molecule has 0 radical (unpaired) electrons. The van der Waals surface area contributed by atoms with Gasteiger partial charge in [0, 0.05) is 37.7 Å². The van der Waals surface area contributed by atoms with Crippen LogP contribution in [0.1, 0.15) is 37.9 Å². The summed E-state index contributed by atoms with van der Waals surface area (Å²) in [5.41, 5.74) is 0.949. The van der Waals surface area contributed by atoms with Gasteiger partial charge < -0.3 is 10.0 Å². The summed E-state index contributed by atoms with van der Waals surface area (Å²) >= 11 is 5.88. The summed E-state index contributed by atoms with van der Waals surface area (Å²) in [7, 11) is 0. The number of aliphatic hydroxyl groups excluding tert-OH is 1. The second-order valence-corrected chi connectivity index (χ2v) is 6.35. The number of nitrogens with zero attached hydrogens (tertiary/aromatic N) is 2. The van der Waals surface area contributed by atoms with Gasteiger partial charge in [-0.2, -0.15) is 0 Å². The van der Waals surface area contributed by atoms with Crippen molar-refractivity contribution in [3.05, 3.63) is 34.9 Å². The molecule has 1 fully saturated rings. The molecule has 0 saturated carbocycles. The molecular formula is C17H27ClN2O. The van der Waals surface area contributed by atoms with Crippen molar-refractivity contribution in [2.45, 2.75) is 32.3 Å². The van der Waals surface area contributed by atoms with Crippen molar-refractivity contribution in [3.8, 4) is 0 Å². The highest BCUT2D eigenvalue weighted by atomic mass is 35.5. The second-order valence-electron chi connectivity index (χ2n) is 5.92. The van der Waals surface area contributed by atoms with Gasteiger partial charge in [-0.3, -0.25) is 4.90 Å². The highest BCUT2D eigenvalue weighted by Gasteiger charge is 2.19. The molecule has 2 rings (SSSR count). The molecule has 1 saturated heterocycles. The van der Waals surface area contributed by atoms with Gasteiger partial charge in [0.1, 0.15) is 0 Å². The van der Waals surface area contributed by atoms with Gasteiger partial charge >= 0.3 is 0 Å². The minimum absolute atomic E-state index is 0.422. The molecule has 0 aromatic heterocycles. The maximum absolute atomic E-state index is 10.3. The predicted molar refractivity (Wildman–Crippen MR) is 88.8 cm³/mol. The lowest BCUT2D eigenvalue weighted by molar-refractivity contribution is 0.0720. The Hall–Kier alpha value is -0.610. The van der Waals surface area contributed by atoms with Crippen LogP contribution < -0.4 is 0 Å². The van der Waals surface area contributed by atoms with Crippen molar-refractivity contribution in [2.75, 3.05) is 39.3 Å². The smallest absolute Gasteiger partial charge is 0.0916 e. The van der Waals surface area contributed by atoms with Crippen LogP contribution in [0.5, 0.6) is 0 Å². The van der Waals surface area contributed by atoms with Crippen molar-refractivity contribution in [1.82, 2.24) is 9.80 Å². The van der Waals surface area contributed by atoms with E-state index in [9.17, 15) is 5.11 Å². The van der Waals surface area contributed by atoms with E-state index in [1.54, 1.807) is 0 Å². The van der Waals surface area contributed by atoms with Gasteiger partial charge in [0.05, 0.1) is 6.10 Å². The standard InChI is InChI=1S/C17H27ClN2O/c1-2-3-4-9-19-10-12-20(13-11-19)14-17(21)15-5-7-16(18)8-6-15/h5-8,17,21H,2-4,9-14H2,1H3. The van der Waals surface area contributed by atoms with E-state index in [2.05, 4.69) is 16.7 Å². The van der Waals surface area contributed by atoms with Crippen LogP contribution in [0, 0.1) is 0 Å². The minimum Gasteiger partial charge on any atom is -0.387 e. The van der Waals surface area contributed by atoms with Crippen molar-refractivity contribution < 1.29 is 5.11 Å². The van der Waals surface area contributed by atoms with Gasteiger partial charge in [0.2, 0.25) is 0 Å². The molecule has 3 nitrogen and oxygen atoms in total. The van der Waals surface area contributed by atoms with Crippen LogP contribution in [0.3, 0.4) is 0 Å². The normalized spacial score (nSPS) is 18.8. The number of hydrogen-bond donors (Lipinski definition) is 1. The Morgan fingerprint density at radius 2 is 1.67 bits per heavy atom. The number of benzene rings is 1. The molecule has 1 heterocycles. The first kappa shape index (κ1) is 16.8. The van der Waals surface area contributed by atoms with Crippen LogP contribution in [0.4, 0.5) is 0 Å². The zero-order chi connectivity index (χ0) is 15.1. The number of rotatable bonds is 7. The van der Waals surface area contributed by atoms with Crippen LogP contribution in [-0.2, 0) is 0 Å². The van der Waals surface area contributed by atoms with Crippen LogP contribution in [0.25, 0.3) is 0 Å². The van der Waals surface area contributed by atoms with E-state index in [1.165, 1.54) is 25.8 Å². The van der Waals surface area contributed by atoms with Crippen molar-refractivity contribution in [2.24, 2.45) is 0 Å². The van der Waals surface area contributed by atoms with Crippen molar-refractivity contribution in [3.63, 3.8) is 0 Å². The van der Waals surface area contributed by atoms with Gasteiger partial charge in [-0.25, -0.2) is 0 Å². The Kier molecular flexibility index (Phi) is 6.97. The van der Waals surface area contributed by atoms with E-state index in [0.29, 0.717) is 11.6 Å². The van der Waals surface area contributed by atoms with Crippen molar-refractivity contribution >= 4 is 11.6 Å².